The molecule has 0 unspecified atom stereocenters. The first kappa shape index (κ1) is 19.6. The quantitative estimate of drug-likeness (QED) is 0.589. The third kappa shape index (κ3) is 4.32. The molecule has 0 saturated carbocycles. The third-order valence-electron chi connectivity index (χ3n) is 5.44. The number of benzene rings is 2. The van der Waals surface area contributed by atoms with Crippen LogP contribution in [0.5, 0.6) is 0 Å². The molecule has 4 rings (SSSR count). The van der Waals surface area contributed by atoms with E-state index < -0.39 is 0 Å². The molecule has 1 aliphatic rings. The maximum Gasteiger partial charge on any atom is 0.253 e. The summed E-state index contributed by atoms with van der Waals surface area (Å²) < 4.78 is 0.974. The summed E-state index contributed by atoms with van der Waals surface area (Å²) in [6.45, 7) is 7.07. The normalized spacial score (nSPS) is 14.2. The summed E-state index contributed by atoms with van der Waals surface area (Å²) in [5, 5.41) is 8.86. The molecule has 1 amide bonds. The molecular weight excluding hydrogens is 428 g/mol. The van der Waals surface area contributed by atoms with E-state index in [1.165, 1.54) is 11.1 Å². The second kappa shape index (κ2) is 8.33. The minimum atomic E-state index is 0.0772. The van der Waals surface area contributed by atoms with Gasteiger partial charge in [-0.2, -0.15) is 0 Å². The van der Waals surface area contributed by atoms with Crippen LogP contribution >= 0.6 is 15.9 Å². The van der Waals surface area contributed by atoms with Gasteiger partial charge in [0.2, 0.25) is 0 Å². The molecule has 0 radical (unpaired) electrons. The van der Waals surface area contributed by atoms with Crippen molar-refractivity contribution in [2.24, 2.45) is 0 Å². The van der Waals surface area contributed by atoms with Gasteiger partial charge in [-0.05, 0) is 67.4 Å². The molecule has 0 spiro atoms. The van der Waals surface area contributed by atoms with Gasteiger partial charge in [0.05, 0.1) is 5.69 Å². The Hall–Kier alpha value is -2.73. The van der Waals surface area contributed by atoms with Crippen LogP contribution in [0.15, 0.2) is 59.1 Å². The van der Waals surface area contributed by atoms with Gasteiger partial charge in [0.25, 0.3) is 5.91 Å². The predicted octanol–water partition coefficient (Wildman–Crippen LogP) is 4.49. The fraction of sp³-hybridized carbons (Fsp3) is 0.261. The van der Waals surface area contributed by atoms with Gasteiger partial charge >= 0.3 is 0 Å². The fourth-order valence-corrected chi connectivity index (χ4v) is 3.73. The lowest BCUT2D eigenvalue weighted by molar-refractivity contribution is 0.0746. The van der Waals surface area contributed by atoms with E-state index in [1.54, 1.807) is 0 Å². The number of halogens is 1. The molecule has 1 fully saturated rings. The third-order valence-corrected chi connectivity index (χ3v) is 5.96. The summed E-state index contributed by atoms with van der Waals surface area (Å²) >= 11 is 3.41. The van der Waals surface area contributed by atoms with Crippen LogP contribution in [0, 0.1) is 13.8 Å². The molecule has 1 aliphatic heterocycles. The smallest absolute Gasteiger partial charge is 0.253 e. The Bertz CT molecular complexity index is 1010. The lowest BCUT2D eigenvalue weighted by Crippen LogP contribution is -2.49. The van der Waals surface area contributed by atoms with Gasteiger partial charge < -0.3 is 9.80 Å². The van der Waals surface area contributed by atoms with Gasteiger partial charge in [-0.25, -0.2) is 0 Å². The summed E-state index contributed by atoms with van der Waals surface area (Å²) in [6.07, 6.45) is 0. The van der Waals surface area contributed by atoms with Crippen molar-refractivity contribution < 1.29 is 4.79 Å². The number of carbonyl (C=O) groups is 1. The number of aromatic nitrogens is 2. The van der Waals surface area contributed by atoms with Gasteiger partial charge in [-0.1, -0.05) is 28.1 Å². The van der Waals surface area contributed by atoms with Crippen LogP contribution in [0.2, 0.25) is 0 Å². The van der Waals surface area contributed by atoms with Gasteiger partial charge in [0.15, 0.2) is 5.82 Å². The Morgan fingerprint density at radius 2 is 1.59 bits per heavy atom. The first-order valence-electron chi connectivity index (χ1n) is 9.72. The van der Waals surface area contributed by atoms with Gasteiger partial charge in [-0.15, -0.1) is 10.2 Å². The van der Waals surface area contributed by atoms with Gasteiger partial charge in [0, 0.05) is 41.8 Å². The van der Waals surface area contributed by atoms with E-state index in [9.17, 15) is 4.79 Å². The van der Waals surface area contributed by atoms with Crippen molar-refractivity contribution in [3.8, 4) is 11.3 Å². The molecule has 1 saturated heterocycles. The zero-order valence-electron chi connectivity index (χ0n) is 16.6. The second-order valence-corrected chi connectivity index (χ2v) is 8.28. The highest BCUT2D eigenvalue weighted by atomic mass is 79.9. The predicted molar refractivity (Wildman–Crippen MR) is 119 cm³/mol. The minimum Gasteiger partial charge on any atom is -0.352 e. The number of rotatable bonds is 3. The Morgan fingerprint density at radius 3 is 2.21 bits per heavy atom. The van der Waals surface area contributed by atoms with E-state index in [2.05, 4.69) is 63.1 Å². The van der Waals surface area contributed by atoms with E-state index in [4.69, 9.17) is 0 Å². The minimum absolute atomic E-state index is 0.0772. The van der Waals surface area contributed by atoms with Crippen molar-refractivity contribution >= 4 is 27.7 Å². The molecule has 29 heavy (non-hydrogen) atoms. The first-order chi connectivity index (χ1) is 14.0. The lowest BCUT2D eigenvalue weighted by Gasteiger charge is -2.35. The standard InChI is InChI=1S/C23H23BrN4O/c1-16-3-4-19(15-17(16)2)21-9-10-22(26-25-21)27-11-13-28(14-12-27)23(29)18-5-7-20(24)8-6-18/h3-10,15H,11-14H2,1-2H3. The summed E-state index contributed by atoms with van der Waals surface area (Å²) in [5.41, 5.74) is 5.20. The Labute approximate surface area is 179 Å². The molecule has 3 aromatic rings. The van der Waals surface area contributed by atoms with Crippen molar-refractivity contribution in [3.63, 3.8) is 0 Å². The largest absolute Gasteiger partial charge is 0.352 e. The van der Waals surface area contributed by atoms with Crippen LogP contribution in [-0.2, 0) is 0 Å². The molecule has 0 N–H and O–H groups in total. The maximum absolute atomic E-state index is 12.7. The lowest BCUT2D eigenvalue weighted by atomic mass is 10.0. The number of carbonyl (C=O) groups excluding carboxylic acids is 1. The summed E-state index contributed by atoms with van der Waals surface area (Å²) in [4.78, 5) is 16.8. The van der Waals surface area contributed by atoms with Crippen molar-refractivity contribution in [2.45, 2.75) is 13.8 Å². The molecular formula is C23H23BrN4O. The van der Waals surface area contributed by atoms with Crippen molar-refractivity contribution in [3.05, 3.63) is 75.8 Å². The molecule has 6 heteroatoms. The highest BCUT2D eigenvalue weighted by Gasteiger charge is 2.23. The van der Waals surface area contributed by atoms with Crippen molar-refractivity contribution in [1.29, 1.82) is 0 Å². The molecule has 148 valence electrons. The maximum atomic E-state index is 12.7. The summed E-state index contributed by atoms with van der Waals surface area (Å²) in [7, 11) is 0. The van der Waals surface area contributed by atoms with Crippen LogP contribution < -0.4 is 4.90 Å². The van der Waals surface area contributed by atoms with Crippen LogP contribution in [0.4, 0.5) is 5.82 Å². The topological polar surface area (TPSA) is 49.3 Å². The zero-order valence-corrected chi connectivity index (χ0v) is 18.2. The molecule has 1 aromatic heterocycles. The monoisotopic (exact) mass is 450 g/mol. The SMILES string of the molecule is Cc1ccc(-c2ccc(N3CCN(C(=O)c4ccc(Br)cc4)CC3)nn2)cc1C. The second-order valence-electron chi connectivity index (χ2n) is 7.36. The fourth-order valence-electron chi connectivity index (χ4n) is 3.46. The van der Waals surface area contributed by atoms with Gasteiger partial charge in [0.1, 0.15) is 0 Å². The average Bonchev–Trinajstić information content (AvgIpc) is 2.76. The highest BCUT2D eigenvalue weighted by Crippen LogP contribution is 2.22. The van der Waals surface area contributed by atoms with E-state index in [0.29, 0.717) is 13.1 Å². The van der Waals surface area contributed by atoms with Crippen LogP contribution in [-0.4, -0.2) is 47.2 Å². The van der Waals surface area contributed by atoms with Gasteiger partial charge in [-0.3, -0.25) is 4.79 Å². The number of nitrogens with zero attached hydrogens (tertiary/aromatic N) is 4. The van der Waals surface area contributed by atoms with E-state index in [1.807, 2.05) is 41.3 Å². The highest BCUT2D eigenvalue weighted by molar-refractivity contribution is 9.10. The Kier molecular flexibility index (Phi) is 5.62. The number of aryl methyl sites for hydroxylation is 2. The molecule has 5 nitrogen and oxygen atoms in total. The average molecular weight is 451 g/mol. The molecule has 2 heterocycles. The number of anilines is 1. The molecule has 0 aliphatic carbocycles. The van der Waals surface area contributed by atoms with Crippen LogP contribution in [0.1, 0.15) is 21.5 Å². The van der Waals surface area contributed by atoms with E-state index in [-0.39, 0.29) is 5.91 Å². The van der Waals surface area contributed by atoms with Crippen LogP contribution in [0.3, 0.4) is 0 Å². The Morgan fingerprint density at radius 1 is 0.862 bits per heavy atom. The molecule has 0 atom stereocenters. The van der Waals surface area contributed by atoms with E-state index in [0.717, 1.165) is 40.2 Å². The first-order valence-corrected chi connectivity index (χ1v) is 10.5. The number of hydrogen-bond acceptors (Lipinski definition) is 4. The number of amides is 1. The number of piperazine rings is 1. The summed E-state index contributed by atoms with van der Waals surface area (Å²) in [6, 6.07) is 17.9. The Balaban J connectivity index is 1.40. The molecule has 0 bridgehead atoms. The molecule has 2 aromatic carbocycles. The summed E-state index contributed by atoms with van der Waals surface area (Å²) in [5.74, 6) is 0.932. The van der Waals surface area contributed by atoms with Crippen LogP contribution in [0.25, 0.3) is 11.3 Å². The zero-order chi connectivity index (χ0) is 20.4. The van der Waals surface area contributed by atoms with Crippen molar-refractivity contribution in [1.82, 2.24) is 15.1 Å². The number of hydrogen-bond donors (Lipinski definition) is 0. The van der Waals surface area contributed by atoms with Crippen molar-refractivity contribution in [2.75, 3.05) is 31.1 Å². The van der Waals surface area contributed by atoms with E-state index >= 15 is 0 Å².